The molecule has 6 heteroatoms. The predicted octanol–water partition coefficient (Wildman–Crippen LogP) is 4.52. The second-order valence-electron chi connectivity index (χ2n) is 6.62. The summed E-state index contributed by atoms with van der Waals surface area (Å²) in [6.45, 7) is 2.95. The summed E-state index contributed by atoms with van der Waals surface area (Å²) in [6, 6.07) is 16.3. The van der Waals surface area contributed by atoms with Crippen LogP contribution in [0.4, 0.5) is 0 Å². The second kappa shape index (κ2) is 8.15. The number of aryl methyl sites for hydroxylation is 1. The molecule has 0 saturated carbocycles. The lowest BCUT2D eigenvalue weighted by Crippen LogP contribution is -2.09. The van der Waals surface area contributed by atoms with E-state index in [2.05, 4.69) is 46.0 Å². The minimum atomic E-state index is 0.299. The van der Waals surface area contributed by atoms with Crippen LogP contribution in [-0.4, -0.2) is 40.3 Å². The highest BCUT2D eigenvalue weighted by Gasteiger charge is 2.21. The van der Waals surface area contributed by atoms with Gasteiger partial charge in [0.05, 0.1) is 18.8 Å². The quantitative estimate of drug-likeness (QED) is 0.588. The van der Waals surface area contributed by atoms with Crippen LogP contribution in [0.2, 0.25) is 0 Å². The number of hydrogen-bond donors (Lipinski definition) is 0. The van der Waals surface area contributed by atoms with Gasteiger partial charge >= 0.3 is 0 Å². The minimum absolute atomic E-state index is 0.299. The maximum absolute atomic E-state index is 5.77. The van der Waals surface area contributed by atoms with Crippen molar-refractivity contribution in [2.75, 3.05) is 19.5 Å². The van der Waals surface area contributed by atoms with Crippen LogP contribution in [0, 0.1) is 6.92 Å². The fraction of sp³-hybridized carbons (Fsp3) is 0.333. The van der Waals surface area contributed by atoms with Crippen molar-refractivity contribution in [1.29, 1.82) is 0 Å². The van der Waals surface area contributed by atoms with Crippen LogP contribution < -0.4 is 4.74 Å². The first-order chi connectivity index (χ1) is 13.3. The normalized spacial score (nSPS) is 16.6. The number of aromatic nitrogens is 3. The summed E-state index contributed by atoms with van der Waals surface area (Å²) >= 11 is 1.70. The van der Waals surface area contributed by atoms with Gasteiger partial charge < -0.3 is 9.47 Å². The fourth-order valence-corrected chi connectivity index (χ4v) is 4.25. The van der Waals surface area contributed by atoms with E-state index < -0.39 is 0 Å². The average molecular weight is 382 g/mol. The van der Waals surface area contributed by atoms with Crippen molar-refractivity contribution in [2.24, 2.45) is 0 Å². The molecule has 2 aromatic carbocycles. The Morgan fingerprint density at radius 3 is 2.70 bits per heavy atom. The highest BCUT2D eigenvalue weighted by atomic mass is 32.2. The predicted molar refractivity (Wildman–Crippen MR) is 108 cm³/mol. The van der Waals surface area contributed by atoms with Gasteiger partial charge in [-0.05, 0) is 44.0 Å². The van der Waals surface area contributed by atoms with E-state index in [0.29, 0.717) is 6.10 Å². The molecule has 0 aliphatic carbocycles. The largest absolute Gasteiger partial charge is 0.496 e. The van der Waals surface area contributed by atoms with Crippen LogP contribution in [0.5, 0.6) is 5.75 Å². The topological polar surface area (TPSA) is 49.2 Å². The number of nitrogens with zero attached hydrogens (tertiary/aromatic N) is 3. The number of methoxy groups -OCH3 is 1. The van der Waals surface area contributed by atoms with Crippen molar-refractivity contribution in [1.82, 2.24) is 14.8 Å². The molecular weight excluding hydrogens is 358 g/mol. The zero-order valence-corrected chi connectivity index (χ0v) is 16.4. The zero-order chi connectivity index (χ0) is 18.6. The lowest BCUT2D eigenvalue weighted by atomic mass is 10.1. The van der Waals surface area contributed by atoms with Gasteiger partial charge in [-0.1, -0.05) is 41.6 Å². The third-order valence-electron chi connectivity index (χ3n) is 4.70. The molecule has 1 aromatic heterocycles. The molecule has 3 aromatic rings. The lowest BCUT2D eigenvalue weighted by molar-refractivity contribution is 0.129. The number of ether oxygens (including phenoxy) is 2. The number of rotatable bonds is 6. The molecule has 0 bridgehead atoms. The minimum Gasteiger partial charge on any atom is -0.496 e. The van der Waals surface area contributed by atoms with E-state index in [1.807, 2.05) is 24.3 Å². The van der Waals surface area contributed by atoms with E-state index in [-0.39, 0.29) is 0 Å². The number of thioether (sulfide) groups is 1. The molecule has 1 saturated heterocycles. The molecule has 27 heavy (non-hydrogen) atoms. The van der Waals surface area contributed by atoms with Gasteiger partial charge in [-0.2, -0.15) is 0 Å². The molecule has 1 unspecified atom stereocenters. The Morgan fingerprint density at radius 1 is 1.15 bits per heavy atom. The third-order valence-corrected chi connectivity index (χ3v) is 5.76. The Bertz CT molecular complexity index is 902. The molecular formula is C21H23N3O2S. The molecule has 1 atom stereocenters. The van der Waals surface area contributed by atoms with Crippen LogP contribution in [0.1, 0.15) is 18.4 Å². The van der Waals surface area contributed by atoms with Gasteiger partial charge in [0.1, 0.15) is 5.75 Å². The van der Waals surface area contributed by atoms with Gasteiger partial charge in [0.15, 0.2) is 11.0 Å². The van der Waals surface area contributed by atoms with Crippen molar-refractivity contribution < 1.29 is 9.47 Å². The highest BCUT2D eigenvalue weighted by molar-refractivity contribution is 7.99. The molecule has 140 valence electrons. The first-order valence-corrected chi connectivity index (χ1v) is 10.1. The Hall–Kier alpha value is -2.31. The molecule has 0 amide bonds. The summed E-state index contributed by atoms with van der Waals surface area (Å²) in [7, 11) is 1.68. The van der Waals surface area contributed by atoms with Crippen molar-refractivity contribution in [3.8, 4) is 22.8 Å². The summed E-state index contributed by atoms with van der Waals surface area (Å²) in [5, 5.41) is 9.87. The fourth-order valence-electron chi connectivity index (χ4n) is 3.24. The van der Waals surface area contributed by atoms with E-state index >= 15 is 0 Å². The number of benzene rings is 2. The van der Waals surface area contributed by atoms with E-state index in [1.54, 1.807) is 18.9 Å². The van der Waals surface area contributed by atoms with Crippen molar-refractivity contribution in [3.63, 3.8) is 0 Å². The maximum atomic E-state index is 5.77. The van der Waals surface area contributed by atoms with E-state index in [9.17, 15) is 0 Å². The van der Waals surface area contributed by atoms with E-state index in [1.165, 1.54) is 5.56 Å². The Kier molecular flexibility index (Phi) is 5.45. The Labute approximate surface area is 163 Å². The third kappa shape index (κ3) is 3.87. The standard InChI is InChI=1S/C21H23N3O2S/c1-15-9-11-16(12-10-15)24-20(18-7-3-4-8-19(18)25-2)22-23-21(24)27-14-17-6-5-13-26-17/h3-4,7-12,17H,5-6,13-14H2,1-2H3. The van der Waals surface area contributed by atoms with Gasteiger partial charge in [0, 0.05) is 18.0 Å². The zero-order valence-electron chi connectivity index (χ0n) is 15.6. The summed E-state index contributed by atoms with van der Waals surface area (Å²) in [6.07, 6.45) is 2.56. The molecule has 2 heterocycles. The van der Waals surface area contributed by atoms with Crippen LogP contribution in [0.25, 0.3) is 17.1 Å². The van der Waals surface area contributed by atoms with Crippen LogP contribution >= 0.6 is 11.8 Å². The van der Waals surface area contributed by atoms with Crippen LogP contribution in [0.3, 0.4) is 0 Å². The lowest BCUT2D eigenvalue weighted by Gasteiger charge is -2.13. The van der Waals surface area contributed by atoms with Crippen LogP contribution in [-0.2, 0) is 4.74 Å². The molecule has 0 radical (unpaired) electrons. The van der Waals surface area contributed by atoms with Gasteiger partial charge in [-0.25, -0.2) is 0 Å². The van der Waals surface area contributed by atoms with E-state index in [0.717, 1.165) is 53.2 Å². The molecule has 0 spiro atoms. The van der Waals surface area contributed by atoms with Gasteiger partial charge in [-0.3, -0.25) is 4.57 Å². The SMILES string of the molecule is COc1ccccc1-c1nnc(SCC2CCCO2)n1-c1ccc(C)cc1. The molecule has 4 rings (SSSR count). The summed E-state index contributed by atoms with van der Waals surface area (Å²) in [5.74, 6) is 2.45. The highest BCUT2D eigenvalue weighted by Crippen LogP contribution is 2.34. The summed E-state index contributed by atoms with van der Waals surface area (Å²) < 4.78 is 13.4. The van der Waals surface area contributed by atoms with E-state index in [4.69, 9.17) is 9.47 Å². The van der Waals surface area contributed by atoms with Crippen molar-refractivity contribution >= 4 is 11.8 Å². The maximum Gasteiger partial charge on any atom is 0.196 e. The van der Waals surface area contributed by atoms with Gasteiger partial charge in [-0.15, -0.1) is 10.2 Å². The molecule has 5 nitrogen and oxygen atoms in total. The molecule has 0 N–H and O–H groups in total. The van der Waals surface area contributed by atoms with Crippen molar-refractivity contribution in [2.45, 2.75) is 31.0 Å². The molecule has 1 aliphatic heterocycles. The monoisotopic (exact) mass is 381 g/mol. The smallest absolute Gasteiger partial charge is 0.196 e. The van der Waals surface area contributed by atoms with Crippen LogP contribution in [0.15, 0.2) is 53.7 Å². The summed E-state index contributed by atoms with van der Waals surface area (Å²) in [4.78, 5) is 0. The Balaban J connectivity index is 1.75. The summed E-state index contributed by atoms with van der Waals surface area (Å²) in [5.41, 5.74) is 3.19. The number of para-hydroxylation sites is 1. The Morgan fingerprint density at radius 2 is 1.96 bits per heavy atom. The van der Waals surface area contributed by atoms with Crippen molar-refractivity contribution in [3.05, 3.63) is 54.1 Å². The molecule has 1 fully saturated rings. The van der Waals surface area contributed by atoms with Gasteiger partial charge in [0.25, 0.3) is 0 Å². The first kappa shape index (κ1) is 18.1. The second-order valence-corrected chi connectivity index (χ2v) is 7.61. The first-order valence-electron chi connectivity index (χ1n) is 9.16. The molecule has 1 aliphatic rings. The number of hydrogen-bond acceptors (Lipinski definition) is 5. The average Bonchev–Trinajstić information content (AvgIpc) is 3.36. The van der Waals surface area contributed by atoms with Gasteiger partial charge in [0.2, 0.25) is 0 Å².